The van der Waals surface area contributed by atoms with Crippen molar-refractivity contribution < 1.29 is 18.0 Å². The Bertz CT molecular complexity index is 1090. The summed E-state index contributed by atoms with van der Waals surface area (Å²) in [4.78, 5) is 26.9. The van der Waals surface area contributed by atoms with Crippen molar-refractivity contribution in [2.75, 3.05) is 24.2 Å². The van der Waals surface area contributed by atoms with Crippen LogP contribution in [-0.2, 0) is 26.2 Å². The van der Waals surface area contributed by atoms with Crippen LogP contribution in [0.25, 0.3) is 0 Å². The molecule has 0 aliphatic carbocycles. The Morgan fingerprint density at radius 2 is 1.73 bits per heavy atom. The smallest absolute Gasteiger partial charge is 0.242 e. The number of amides is 2. The number of sulfonamides is 1. The molecule has 2 rings (SSSR count). The van der Waals surface area contributed by atoms with Crippen molar-refractivity contribution in [3.8, 4) is 0 Å². The van der Waals surface area contributed by atoms with Crippen molar-refractivity contribution in [3.05, 3.63) is 63.6 Å². The second-order valence-electron chi connectivity index (χ2n) is 8.10. The summed E-state index contributed by atoms with van der Waals surface area (Å²) in [7, 11) is -1.98. The van der Waals surface area contributed by atoms with Gasteiger partial charge in [-0.05, 0) is 62.1 Å². The van der Waals surface area contributed by atoms with E-state index < -0.39 is 16.1 Å². The van der Waals surface area contributed by atoms with Crippen LogP contribution in [0.2, 0.25) is 0 Å². The Hall–Kier alpha value is -2.39. The normalized spacial score (nSPS) is 12.2. The minimum absolute atomic E-state index is 0.120. The minimum atomic E-state index is -3.52. The highest BCUT2D eigenvalue weighted by Gasteiger charge is 2.26. The number of nitrogens with one attached hydrogen (secondary N) is 1. The SMILES string of the molecule is CNC(=O)C(C)N(Cc1ccc(Br)cc1)C(=O)CCCN(c1cccc(C)c1C)S(C)(=O)=O. The fourth-order valence-corrected chi connectivity index (χ4v) is 4.85. The number of nitrogens with zero attached hydrogens (tertiary/aromatic N) is 2. The number of benzene rings is 2. The molecule has 1 N–H and O–H groups in total. The molecule has 9 heteroatoms. The summed E-state index contributed by atoms with van der Waals surface area (Å²) in [5.41, 5.74) is 3.41. The number of carbonyl (C=O) groups is 2. The lowest BCUT2D eigenvalue weighted by Crippen LogP contribution is -2.46. The number of hydrogen-bond acceptors (Lipinski definition) is 4. The molecule has 2 aromatic carbocycles. The monoisotopic (exact) mass is 537 g/mol. The van der Waals surface area contributed by atoms with Crippen molar-refractivity contribution in [3.63, 3.8) is 0 Å². The van der Waals surface area contributed by atoms with Gasteiger partial charge in [0.25, 0.3) is 0 Å². The lowest BCUT2D eigenvalue weighted by Gasteiger charge is -2.29. The number of halogens is 1. The summed E-state index contributed by atoms with van der Waals surface area (Å²) in [5, 5.41) is 2.59. The Labute approximate surface area is 205 Å². The standard InChI is InChI=1S/C24H32BrN3O4S/c1-17-8-6-9-22(18(17)2)28(33(5,31)32)15-7-10-23(29)27(19(3)24(30)26-4)16-20-11-13-21(25)14-12-20/h6,8-9,11-14,19H,7,10,15-16H2,1-5H3,(H,26,30). The highest BCUT2D eigenvalue weighted by molar-refractivity contribution is 9.10. The molecule has 1 atom stereocenters. The van der Waals surface area contributed by atoms with E-state index in [1.807, 2.05) is 50.2 Å². The zero-order valence-electron chi connectivity index (χ0n) is 19.8. The van der Waals surface area contributed by atoms with Gasteiger partial charge < -0.3 is 10.2 Å². The zero-order valence-corrected chi connectivity index (χ0v) is 22.2. The molecule has 0 aliphatic heterocycles. The zero-order chi connectivity index (χ0) is 24.8. The van der Waals surface area contributed by atoms with E-state index in [0.717, 1.165) is 21.2 Å². The Balaban J connectivity index is 2.17. The van der Waals surface area contributed by atoms with Gasteiger partial charge in [0.15, 0.2) is 0 Å². The van der Waals surface area contributed by atoms with Gasteiger partial charge in [-0.3, -0.25) is 13.9 Å². The van der Waals surface area contributed by atoms with Crippen LogP contribution in [0.4, 0.5) is 5.69 Å². The molecule has 2 aromatic rings. The molecule has 7 nitrogen and oxygen atoms in total. The van der Waals surface area contributed by atoms with Gasteiger partial charge >= 0.3 is 0 Å². The maximum absolute atomic E-state index is 13.1. The first-order valence-electron chi connectivity index (χ1n) is 10.7. The average molecular weight is 539 g/mol. The molecule has 180 valence electrons. The van der Waals surface area contributed by atoms with E-state index in [1.165, 1.54) is 22.5 Å². The van der Waals surface area contributed by atoms with Crippen LogP contribution in [0, 0.1) is 13.8 Å². The molecule has 0 aromatic heterocycles. The largest absolute Gasteiger partial charge is 0.357 e. The Kier molecular flexibility index (Phi) is 9.48. The number of hydrogen-bond donors (Lipinski definition) is 1. The highest BCUT2D eigenvalue weighted by atomic mass is 79.9. The molecule has 0 saturated carbocycles. The predicted molar refractivity (Wildman–Crippen MR) is 136 cm³/mol. The maximum atomic E-state index is 13.1. The van der Waals surface area contributed by atoms with E-state index >= 15 is 0 Å². The Morgan fingerprint density at radius 3 is 2.30 bits per heavy atom. The molecule has 0 aliphatic rings. The first-order chi connectivity index (χ1) is 15.5. The van der Waals surface area contributed by atoms with Crippen molar-refractivity contribution in [1.29, 1.82) is 0 Å². The van der Waals surface area contributed by atoms with E-state index in [0.29, 0.717) is 12.1 Å². The molecule has 0 spiro atoms. The van der Waals surface area contributed by atoms with Crippen LogP contribution < -0.4 is 9.62 Å². The average Bonchev–Trinajstić information content (AvgIpc) is 2.76. The quantitative estimate of drug-likeness (QED) is 0.499. The molecule has 33 heavy (non-hydrogen) atoms. The predicted octanol–water partition coefficient (Wildman–Crippen LogP) is 3.78. The van der Waals surface area contributed by atoms with Crippen molar-refractivity contribution in [2.45, 2.75) is 46.2 Å². The van der Waals surface area contributed by atoms with Crippen LogP contribution in [0.1, 0.15) is 36.5 Å². The summed E-state index contributed by atoms with van der Waals surface area (Å²) < 4.78 is 27.2. The number of aryl methyl sites for hydroxylation is 1. The molecule has 0 bridgehead atoms. The third-order valence-corrected chi connectivity index (χ3v) is 7.39. The van der Waals surface area contributed by atoms with Crippen LogP contribution in [0.5, 0.6) is 0 Å². The van der Waals surface area contributed by atoms with Gasteiger partial charge in [0, 0.05) is 31.0 Å². The van der Waals surface area contributed by atoms with Crippen molar-refractivity contribution in [1.82, 2.24) is 10.2 Å². The van der Waals surface area contributed by atoms with Crippen LogP contribution in [-0.4, -0.2) is 51.0 Å². The van der Waals surface area contributed by atoms with Gasteiger partial charge in [0.05, 0.1) is 11.9 Å². The lowest BCUT2D eigenvalue weighted by molar-refractivity contribution is -0.140. The second-order valence-corrected chi connectivity index (χ2v) is 10.9. The second kappa shape index (κ2) is 11.7. The van der Waals surface area contributed by atoms with E-state index in [2.05, 4.69) is 21.2 Å². The molecule has 2 amide bonds. The van der Waals surface area contributed by atoms with Gasteiger partial charge in [0.1, 0.15) is 6.04 Å². The van der Waals surface area contributed by atoms with Crippen LogP contribution in [0.15, 0.2) is 46.9 Å². The minimum Gasteiger partial charge on any atom is -0.357 e. The summed E-state index contributed by atoms with van der Waals surface area (Å²) in [6.07, 6.45) is 1.62. The van der Waals surface area contributed by atoms with Gasteiger partial charge in [-0.25, -0.2) is 8.42 Å². The van der Waals surface area contributed by atoms with E-state index in [4.69, 9.17) is 0 Å². The summed E-state index contributed by atoms with van der Waals surface area (Å²) >= 11 is 3.40. The van der Waals surface area contributed by atoms with Crippen molar-refractivity contribution >= 4 is 43.5 Å². The molecule has 0 radical (unpaired) electrons. The third kappa shape index (κ3) is 7.30. The lowest BCUT2D eigenvalue weighted by atomic mass is 10.1. The number of likely N-dealkylation sites (N-methyl/N-ethyl adjacent to an activating group) is 1. The molecule has 0 saturated heterocycles. The van der Waals surface area contributed by atoms with E-state index in [-0.39, 0.29) is 31.3 Å². The first-order valence-corrected chi connectivity index (χ1v) is 13.4. The Morgan fingerprint density at radius 1 is 1.09 bits per heavy atom. The fourth-order valence-electron chi connectivity index (χ4n) is 3.57. The van der Waals surface area contributed by atoms with Crippen molar-refractivity contribution in [2.24, 2.45) is 0 Å². The maximum Gasteiger partial charge on any atom is 0.242 e. The molecule has 1 unspecified atom stereocenters. The summed E-state index contributed by atoms with van der Waals surface area (Å²) in [5.74, 6) is -0.461. The summed E-state index contributed by atoms with van der Waals surface area (Å²) in [6, 6.07) is 12.4. The fraction of sp³-hybridized carbons (Fsp3) is 0.417. The summed E-state index contributed by atoms with van der Waals surface area (Å²) in [6.45, 7) is 5.97. The first kappa shape index (κ1) is 26.9. The van der Waals surface area contributed by atoms with Gasteiger partial charge in [0.2, 0.25) is 21.8 Å². The van der Waals surface area contributed by atoms with Gasteiger partial charge in [-0.1, -0.05) is 40.2 Å². The molecule has 0 heterocycles. The number of rotatable bonds is 10. The number of carbonyl (C=O) groups excluding carboxylic acids is 2. The van der Waals surface area contributed by atoms with Crippen LogP contribution >= 0.6 is 15.9 Å². The highest BCUT2D eigenvalue weighted by Crippen LogP contribution is 2.25. The topological polar surface area (TPSA) is 86.8 Å². The molecule has 0 fully saturated rings. The third-order valence-electron chi connectivity index (χ3n) is 5.68. The van der Waals surface area contributed by atoms with Gasteiger partial charge in [-0.2, -0.15) is 0 Å². The molecular formula is C24H32BrN3O4S. The van der Waals surface area contributed by atoms with E-state index in [9.17, 15) is 18.0 Å². The van der Waals surface area contributed by atoms with Crippen LogP contribution in [0.3, 0.4) is 0 Å². The van der Waals surface area contributed by atoms with E-state index in [1.54, 1.807) is 13.0 Å². The van der Waals surface area contributed by atoms with Gasteiger partial charge in [-0.15, -0.1) is 0 Å². The number of anilines is 1. The molecular weight excluding hydrogens is 506 g/mol.